The Labute approximate surface area is 336 Å². The first-order valence-electron chi connectivity index (χ1n) is 19.5. The lowest BCUT2D eigenvalue weighted by Gasteiger charge is -2.26. The van der Waals surface area contributed by atoms with Gasteiger partial charge in [-0.3, -0.25) is 4.98 Å². The SMILES string of the molecule is [C-]#[N+]c1ccc(N(c2ccc(-c3ccc(-c4ccc5c6c4ccc4cccc(c46)n5-c4ccccc4)cc3)cc2)c2ccc(-c3cccc4cccnc34)cc2)cc1. The van der Waals surface area contributed by atoms with Crippen LogP contribution in [-0.2, 0) is 0 Å². The lowest BCUT2D eigenvalue weighted by molar-refractivity contribution is 1.18. The number of pyridine rings is 1. The quantitative estimate of drug-likeness (QED) is 0.120. The van der Waals surface area contributed by atoms with Crippen LogP contribution in [0, 0.1) is 6.57 Å². The van der Waals surface area contributed by atoms with Crippen molar-refractivity contribution >= 4 is 66.2 Å². The van der Waals surface area contributed by atoms with Gasteiger partial charge in [-0.05, 0) is 105 Å². The van der Waals surface area contributed by atoms with Crippen LogP contribution in [0.5, 0.6) is 0 Å². The molecule has 0 saturated heterocycles. The van der Waals surface area contributed by atoms with Gasteiger partial charge in [-0.2, -0.15) is 0 Å². The Hall–Kier alpha value is -8.00. The zero-order valence-electron chi connectivity index (χ0n) is 31.4. The van der Waals surface area contributed by atoms with E-state index in [2.05, 4.69) is 189 Å². The van der Waals surface area contributed by atoms with Gasteiger partial charge in [0.25, 0.3) is 0 Å². The molecule has 4 nitrogen and oxygen atoms in total. The second-order valence-electron chi connectivity index (χ2n) is 14.7. The van der Waals surface area contributed by atoms with Gasteiger partial charge < -0.3 is 9.47 Å². The van der Waals surface area contributed by atoms with E-state index >= 15 is 0 Å². The van der Waals surface area contributed by atoms with Crippen molar-refractivity contribution in [1.82, 2.24) is 9.55 Å². The zero-order chi connectivity index (χ0) is 38.6. The van der Waals surface area contributed by atoms with Crippen molar-refractivity contribution in [1.29, 1.82) is 0 Å². The third kappa shape index (κ3) is 5.49. The molecule has 0 spiro atoms. The average Bonchev–Trinajstić information content (AvgIpc) is 3.65. The summed E-state index contributed by atoms with van der Waals surface area (Å²) >= 11 is 0. The van der Waals surface area contributed by atoms with Crippen molar-refractivity contribution < 1.29 is 0 Å². The van der Waals surface area contributed by atoms with Crippen molar-refractivity contribution in [3.05, 3.63) is 218 Å². The Morgan fingerprint density at radius 3 is 1.74 bits per heavy atom. The number of rotatable bonds is 7. The van der Waals surface area contributed by atoms with Gasteiger partial charge in [-0.25, -0.2) is 4.85 Å². The summed E-state index contributed by atoms with van der Waals surface area (Å²) in [5.41, 5.74) is 15.2. The summed E-state index contributed by atoms with van der Waals surface area (Å²) in [6, 6.07) is 70.9. The predicted molar refractivity (Wildman–Crippen MR) is 242 cm³/mol. The molecule has 0 atom stereocenters. The van der Waals surface area contributed by atoms with E-state index in [1.54, 1.807) is 0 Å². The van der Waals surface area contributed by atoms with Crippen LogP contribution in [0.15, 0.2) is 206 Å². The number of hydrogen-bond acceptors (Lipinski definition) is 2. The summed E-state index contributed by atoms with van der Waals surface area (Å²) < 4.78 is 2.39. The molecule has 0 aliphatic rings. The highest BCUT2D eigenvalue weighted by molar-refractivity contribution is 6.26. The number of fused-ring (bicyclic) bond motifs is 1. The van der Waals surface area contributed by atoms with Gasteiger partial charge in [0.1, 0.15) is 0 Å². The van der Waals surface area contributed by atoms with Gasteiger partial charge in [-0.15, -0.1) is 0 Å². The highest BCUT2D eigenvalue weighted by Crippen LogP contribution is 2.43. The number of hydrogen-bond donors (Lipinski definition) is 0. The maximum Gasteiger partial charge on any atom is 0.187 e. The number of aromatic nitrogens is 2. The van der Waals surface area contributed by atoms with E-state index in [0.717, 1.165) is 50.2 Å². The molecule has 0 saturated carbocycles. The van der Waals surface area contributed by atoms with Crippen LogP contribution in [-0.4, -0.2) is 9.55 Å². The van der Waals surface area contributed by atoms with Crippen molar-refractivity contribution in [3.8, 4) is 39.1 Å². The number of benzene rings is 9. The summed E-state index contributed by atoms with van der Waals surface area (Å²) in [5, 5.41) is 6.26. The Morgan fingerprint density at radius 2 is 1.02 bits per heavy atom. The van der Waals surface area contributed by atoms with Gasteiger partial charge in [0.05, 0.1) is 23.1 Å². The molecule has 9 aromatic carbocycles. The van der Waals surface area contributed by atoms with Crippen LogP contribution in [0.1, 0.15) is 0 Å². The smallest absolute Gasteiger partial charge is 0.187 e. The molecule has 0 aliphatic carbocycles. The molecule has 11 aromatic rings. The minimum absolute atomic E-state index is 0.616. The number of anilines is 3. The van der Waals surface area contributed by atoms with Crippen molar-refractivity contribution in [2.45, 2.75) is 0 Å². The molecule has 270 valence electrons. The molecule has 58 heavy (non-hydrogen) atoms. The molecule has 0 bridgehead atoms. The average molecular weight is 739 g/mol. The second kappa shape index (κ2) is 13.6. The van der Waals surface area contributed by atoms with Gasteiger partial charge in [0.2, 0.25) is 0 Å². The van der Waals surface area contributed by atoms with Crippen LogP contribution in [0.25, 0.3) is 87.4 Å². The highest BCUT2D eigenvalue weighted by atomic mass is 15.1. The molecule has 0 fully saturated rings. The van der Waals surface area contributed by atoms with Crippen LogP contribution in [0.3, 0.4) is 0 Å². The minimum atomic E-state index is 0.616. The van der Waals surface area contributed by atoms with E-state index in [1.807, 2.05) is 36.5 Å². The van der Waals surface area contributed by atoms with Crippen molar-refractivity contribution in [2.75, 3.05) is 4.90 Å². The second-order valence-corrected chi connectivity index (χ2v) is 14.7. The number of para-hydroxylation sites is 2. The van der Waals surface area contributed by atoms with Gasteiger partial charge in [0, 0.05) is 50.7 Å². The molecule has 2 heterocycles. The largest absolute Gasteiger partial charge is 0.311 e. The fourth-order valence-electron chi connectivity index (χ4n) is 8.69. The molecule has 0 amide bonds. The summed E-state index contributed by atoms with van der Waals surface area (Å²) in [6.45, 7) is 7.50. The maximum atomic E-state index is 7.50. The lowest BCUT2D eigenvalue weighted by atomic mass is 9.93. The molecule has 4 heteroatoms. The minimum Gasteiger partial charge on any atom is -0.311 e. The third-order valence-corrected chi connectivity index (χ3v) is 11.4. The summed E-state index contributed by atoms with van der Waals surface area (Å²) in [7, 11) is 0. The fraction of sp³-hybridized carbons (Fsp3) is 0. The van der Waals surface area contributed by atoms with Crippen molar-refractivity contribution in [3.63, 3.8) is 0 Å². The Morgan fingerprint density at radius 1 is 0.431 bits per heavy atom. The maximum absolute atomic E-state index is 7.50. The van der Waals surface area contributed by atoms with E-state index in [9.17, 15) is 0 Å². The predicted octanol–water partition coefficient (Wildman–Crippen LogP) is 14.9. The Kier molecular flexibility index (Phi) is 7.84. The monoisotopic (exact) mass is 738 g/mol. The molecule has 0 aliphatic heterocycles. The van der Waals surface area contributed by atoms with Gasteiger partial charge in [0.15, 0.2) is 5.69 Å². The molecule has 0 N–H and O–H groups in total. The molecule has 11 rings (SSSR count). The summed E-state index contributed by atoms with van der Waals surface area (Å²) in [4.78, 5) is 10.5. The van der Waals surface area contributed by atoms with Crippen molar-refractivity contribution in [2.24, 2.45) is 0 Å². The third-order valence-electron chi connectivity index (χ3n) is 11.4. The van der Waals surface area contributed by atoms with Crippen LogP contribution < -0.4 is 4.90 Å². The first-order valence-corrected chi connectivity index (χ1v) is 19.5. The molecule has 0 unspecified atom stereocenters. The lowest BCUT2D eigenvalue weighted by Crippen LogP contribution is -2.09. The molecular formula is C54H34N4. The standard InChI is InChI=1S/C54H34N4/c1-55-42-24-30-46(31-25-42)57(45-28-21-39(22-29-45)48-13-5-9-41-10-7-35-56-54(41)48)44-26-19-37(20-27-44)36-15-17-38(18-16-36)47-33-34-51-53-49(47)32-23-40-8-6-14-50(52(40)53)58(51)43-11-3-2-4-12-43/h2-35H. The molecular weight excluding hydrogens is 705 g/mol. The van der Waals surface area contributed by atoms with E-state index < -0.39 is 0 Å². The number of nitrogens with zero attached hydrogens (tertiary/aromatic N) is 4. The first-order chi connectivity index (χ1) is 28.7. The highest BCUT2D eigenvalue weighted by Gasteiger charge is 2.19. The van der Waals surface area contributed by atoms with E-state index in [-0.39, 0.29) is 0 Å². The van der Waals surface area contributed by atoms with Gasteiger partial charge in [-0.1, -0.05) is 133 Å². The Balaban J connectivity index is 0.929. The van der Waals surface area contributed by atoms with E-state index in [1.165, 1.54) is 49.4 Å². The van der Waals surface area contributed by atoms with E-state index in [4.69, 9.17) is 6.57 Å². The zero-order valence-corrected chi connectivity index (χ0v) is 31.4. The normalized spacial score (nSPS) is 11.4. The first kappa shape index (κ1) is 33.3. The Bertz CT molecular complexity index is 3300. The van der Waals surface area contributed by atoms with Gasteiger partial charge >= 0.3 is 0 Å². The topological polar surface area (TPSA) is 25.4 Å². The van der Waals surface area contributed by atoms with Crippen LogP contribution in [0.2, 0.25) is 0 Å². The molecule has 0 radical (unpaired) electrons. The van der Waals surface area contributed by atoms with E-state index in [0.29, 0.717) is 5.69 Å². The van der Waals surface area contributed by atoms with Crippen LogP contribution in [0.4, 0.5) is 22.7 Å². The van der Waals surface area contributed by atoms with Crippen LogP contribution >= 0.6 is 0 Å². The molecule has 2 aromatic heterocycles. The summed E-state index contributed by atoms with van der Waals surface area (Å²) in [5.74, 6) is 0. The summed E-state index contributed by atoms with van der Waals surface area (Å²) in [6.07, 6.45) is 1.85. The fourth-order valence-corrected chi connectivity index (χ4v) is 8.69.